The van der Waals surface area contributed by atoms with Crippen molar-refractivity contribution in [1.82, 2.24) is 15.1 Å². The minimum atomic E-state index is -5.08. The first-order valence-electron chi connectivity index (χ1n) is 11.7. The molecule has 38 heavy (non-hydrogen) atoms. The van der Waals surface area contributed by atoms with Gasteiger partial charge in [-0.1, -0.05) is 0 Å². The molecule has 3 aliphatic heterocycles. The maximum Gasteiger partial charge on any atom is 0.490 e. The Kier molecular flexibility index (Phi) is 11.8. The molecule has 0 saturated carbocycles. The van der Waals surface area contributed by atoms with E-state index in [-0.39, 0.29) is 18.1 Å². The van der Waals surface area contributed by atoms with Crippen molar-refractivity contribution >= 4 is 29.2 Å². The fourth-order valence-electron chi connectivity index (χ4n) is 4.27. The van der Waals surface area contributed by atoms with Crippen LogP contribution in [0.25, 0.3) is 0 Å². The summed E-state index contributed by atoms with van der Waals surface area (Å²) < 4.78 is 69.5. The summed E-state index contributed by atoms with van der Waals surface area (Å²) >= 11 is 1.75. The Morgan fingerprint density at radius 2 is 1.61 bits per heavy atom. The number of aliphatic carboxylic acids is 2. The number of amides is 1. The molecular formula is C22H29F6N3O6S. The van der Waals surface area contributed by atoms with Crippen molar-refractivity contribution < 1.29 is 55.7 Å². The van der Waals surface area contributed by atoms with E-state index in [4.69, 9.17) is 24.5 Å². The van der Waals surface area contributed by atoms with Gasteiger partial charge in [-0.25, -0.2) is 9.59 Å². The van der Waals surface area contributed by atoms with Crippen molar-refractivity contribution in [2.75, 3.05) is 32.7 Å². The predicted molar refractivity (Wildman–Crippen MR) is 122 cm³/mol. The maximum absolute atomic E-state index is 12.4. The predicted octanol–water partition coefficient (Wildman–Crippen LogP) is 2.96. The van der Waals surface area contributed by atoms with Gasteiger partial charge in [-0.15, -0.1) is 0 Å². The average molecular weight is 578 g/mol. The first-order valence-corrected chi connectivity index (χ1v) is 12.6. The number of likely N-dealkylation sites (tertiary alicyclic amines) is 2. The van der Waals surface area contributed by atoms with Gasteiger partial charge < -0.3 is 25.2 Å². The lowest BCUT2D eigenvalue weighted by molar-refractivity contribution is -0.193. The van der Waals surface area contributed by atoms with Crippen LogP contribution in [0.4, 0.5) is 26.3 Å². The third kappa shape index (κ3) is 10.4. The number of ether oxygens (including phenoxy) is 1. The van der Waals surface area contributed by atoms with Gasteiger partial charge in [-0.05, 0) is 54.7 Å². The molecule has 0 aliphatic carbocycles. The number of halogens is 6. The topological polar surface area (TPSA) is 119 Å². The van der Waals surface area contributed by atoms with Gasteiger partial charge in [0.25, 0.3) is 0 Å². The summed E-state index contributed by atoms with van der Waals surface area (Å²) in [5.74, 6) is -5.43. The van der Waals surface area contributed by atoms with Gasteiger partial charge in [0.15, 0.2) is 0 Å². The first kappa shape index (κ1) is 31.8. The molecule has 0 unspecified atom stereocenters. The lowest BCUT2D eigenvalue weighted by Crippen LogP contribution is -2.40. The zero-order chi connectivity index (χ0) is 28.5. The highest BCUT2D eigenvalue weighted by molar-refractivity contribution is 7.07. The molecule has 0 bridgehead atoms. The van der Waals surface area contributed by atoms with Crippen LogP contribution in [0.3, 0.4) is 0 Å². The lowest BCUT2D eigenvalue weighted by atomic mass is 10.1. The van der Waals surface area contributed by atoms with Crippen LogP contribution in [-0.4, -0.2) is 101 Å². The van der Waals surface area contributed by atoms with Crippen LogP contribution in [0, 0.1) is 0 Å². The second-order valence-corrected chi connectivity index (χ2v) is 9.58. The standard InChI is InChI=1S/C18H27N3O2S.2C2HF3O2/c22-18(19-5-9-20-6-1-2-7-20)17-11-15-16(23-17)3-8-21(15)12-14-4-10-24-13-14;2*3-2(4,5)1(6)7/h4,10,13,15-17H,1-3,5-9,11-12H2,(H,19,22);2*(H,6,7)/t15-,16-,17+;;/m0../s1. The van der Waals surface area contributed by atoms with Crippen molar-refractivity contribution in [2.45, 2.75) is 62.8 Å². The van der Waals surface area contributed by atoms with Crippen LogP contribution in [-0.2, 0) is 25.7 Å². The first-order chi connectivity index (χ1) is 17.7. The zero-order valence-electron chi connectivity index (χ0n) is 20.1. The van der Waals surface area contributed by atoms with E-state index in [0.29, 0.717) is 6.04 Å². The molecule has 3 aliphatic rings. The molecule has 4 heterocycles. The molecule has 1 aromatic heterocycles. The average Bonchev–Trinajstić information content (AvgIpc) is 3.61. The molecule has 1 amide bonds. The number of carbonyl (C=O) groups is 3. The molecular weight excluding hydrogens is 548 g/mol. The number of hydrogen-bond donors (Lipinski definition) is 3. The van der Waals surface area contributed by atoms with Crippen molar-refractivity contribution in [1.29, 1.82) is 0 Å². The van der Waals surface area contributed by atoms with Gasteiger partial charge in [-0.3, -0.25) is 9.69 Å². The molecule has 4 rings (SSSR count). The number of carbonyl (C=O) groups excluding carboxylic acids is 1. The van der Waals surface area contributed by atoms with Crippen molar-refractivity contribution in [3.63, 3.8) is 0 Å². The van der Waals surface area contributed by atoms with Crippen molar-refractivity contribution in [3.05, 3.63) is 22.4 Å². The fraction of sp³-hybridized carbons (Fsp3) is 0.682. The molecule has 0 radical (unpaired) electrons. The van der Waals surface area contributed by atoms with E-state index in [2.05, 4.69) is 31.9 Å². The van der Waals surface area contributed by atoms with E-state index in [1.165, 1.54) is 31.5 Å². The van der Waals surface area contributed by atoms with E-state index in [0.717, 1.165) is 39.0 Å². The van der Waals surface area contributed by atoms with Crippen LogP contribution in [0.5, 0.6) is 0 Å². The Bertz CT molecular complexity index is 884. The van der Waals surface area contributed by atoms with Gasteiger partial charge in [-0.2, -0.15) is 37.7 Å². The summed E-state index contributed by atoms with van der Waals surface area (Å²) in [7, 11) is 0. The molecule has 3 saturated heterocycles. The van der Waals surface area contributed by atoms with Gasteiger partial charge in [0.2, 0.25) is 5.91 Å². The molecule has 16 heteroatoms. The molecule has 3 atom stereocenters. The van der Waals surface area contributed by atoms with Crippen LogP contribution >= 0.6 is 11.3 Å². The number of nitrogens with zero attached hydrogens (tertiary/aromatic N) is 2. The van der Waals surface area contributed by atoms with Crippen LogP contribution in [0.2, 0.25) is 0 Å². The Hall–Kier alpha value is -2.43. The number of hydrogen-bond acceptors (Lipinski definition) is 7. The van der Waals surface area contributed by atoms with Crippen LogP contribution in [0.15, 0.2) is 16.8 Å². The molecule has 0 spiro atoms. The second kappa shape index (κ2) is 14.1. The minimum absolute atomic E-state index is 0.0825. The van der Waals surface area contributed by atoms with E-state index >= 15 is 0 Å². The number of carboxylic acid groups (broad SMARTS) is 2. The number of alkyl halides is 6. The molecule has 0 aromatic carbocycles. The Balaban J connectivity index is 0.000000301. The lowest BCUT2D eigenvalue weighted by Gasteiger charge is -2.22. The second-order valence-electron chi connectivity index (χ2n) is 8.80. The van der Waals surface area contributed by atoms with Gasteiger partial charge in [0.05, 0.1) is 6.10 Å². The third-order valence-corrected chi connectivity index (χ3v) is 6.79. The maximum atomic E-state index is 12.4. The van der Waals surface area contributed by atoms with E-state index < -0.39 is 24.3 Å². The van der Waals surface area contributed by atoms with E-state index in [1.807, 2.05) is 0 Å². The summed E-state index contributed by atoms with van der Waals surface area (Å²) in [5, 5.41) is 21.7. The van der Waals surface area contributed by atoms with Crippen molar-refractivity contribution in [3.8, 4) is 0 Å². The monoisotopic (exact) mass is 577 g/mol. The molecule has 3 N–H and O–H groups in total. The smallest absolute Gasteiger partial charge is 0.475 e. The van der Waals surface area contributed by atoms with E-state index in [9.17, 15) is 31.1 Å². The number of thiophene rings is 1. The van der Waals surface area contributed by atoms with Crippen molar-refractivity contribution in [2.24, 2.45) is 0 Å². The highest BCUT2D eigenvalue weighted by atomic mass is 32.1. The third-order valence-electron chi connectivity index (χ3n) is 6.06. The fourth-order valence-corrected chi connectivity index (χ4v) is 4.93. The molecule has 216 valence electrons. The van der Waals surface area contributed by atoms with Gasteiger partial charge in [0, 0.05) is 38.6 Å². The quantitative estimate of drug-likeness (QED) is 0.442. The molecule has 1 aromatic rings. The summed E-state index contributed by atoms with van der Waals surface area (Å²) in [6, 6.07) is 2.59. The Labute approximate surface area is 218 Å². The summed E-state index contributed by atoms with van der Waals surface area (Å²) in [6.07, 6.45) is -5.72. The number of fused-ring (bicyclic) bond motifs is 1. The van der Waals surface area contributed by atoms with Gasteiger partial charge >= 0.3 is 24.3 Å². The number of nitrogens with one attached hydrogen (secondary N) is 1. The molecule has 3 fully saturated rings. The molecule has 9 nitrogen and oxygen atoms in total. The SMILES string of the molecule is O=C(NCCN1CCCC1)[C@H]1C[C@H]2[C@H](CCN2Cc2ccsc2)O1.O=C(O)C(F)(F)F.O=C(O)C(F)(F)F. The number of carboxylic acids is 2. The van der Waals surface area contributed by atoms with Crippen LogP contribution in [0.1, 0.15) is 31.2 Å². The summed E-state index contributed by atoms with van der Waals surface area (Å²) in [4.78, 5) is 35.1. The zero-order valence-corrected chi connectivity index (χ0v) is 20.9. The van der Waals surface area contributed by atoms with Gasteiger partial charge in [0.1, 0.15) is 6.10 Å². The Morgan fingerprint density at radius 1 is 1.03 bits per heavy atom. The summed E-state index contributed by atoms with van der Waals surface area (Å²) in [5.41, 5.74) is 1.37. The highest BCUT2D eigenvalue weighted by Gasteiger charge is 2.45. The summed E-state index contributed by atoms with van der Waals surface area (Å²) in [6.45, 7) is 6.13. The Morgan fingerprint density at radius 3 is 2.11 bits per heavy atom. The number of rotatable bonds is 6. The largest absolute Gasteiger partial charge is 0.490 e. The van der Waals surface area contributed by atoms with E-state index in [1.54, 1.807) is 11.3 Å². The van der Waals surface area contributed by atoms with Crippen LogP contribution < -0.4 is 5.32 Å². The highest BCUT2D eigenvalue weighted by Crippen LogP contribution is 2.34. The normalized spacial score (nSPS) is 23.6. The minimum Gasteiger partial charge on any atom is -0.475 e.